The van der Waals surface area contributed by atoms with Crippen LogP contribution in [0, 0.1) is 5.82 Å². The first kappa shape index (κ1) is 15.2. The van der Waals surface area contributed by atoms with Crippen molar-refractivity contribution in [1.29, 1.82) is 0 Å². The predicted octanol–water partition coefficient (Wildman–Crippen LogP) is 0.566. The molecule has 0 saturated heterocycles. The fourth-order valence-corrected chi connectivity index (χ4v) is 1.92. The molecule has 2 rings (SSSR count). The first-order valence-electron chi connectivity index (χ1n) is 6.61. The quantitative estimate of drug-likeness (QED) is 0.871. The second kappa shape index (κ2) is 6.04. The topological polar surface area (TPSA) is 88.0 Å². The molecule has 1 aromatic carbocycles. The highest BCUT2D eigenvalue weighted by Gasteiger charge is 2.18. The molecule has 0 amide bonds. The summed E-state index contributed by atoms with van der Waals surface area (Å²) in [7, 11) is 1.49. The van der Waals surface area contributed by atoms with Gasteiger partial charge in [-0.2, -0.15) is 9.36 Å². The van der Waals surface area contributed by atoms with Crippen LogP contribution < -0.4 is 16.2 Å². The molecule has 0 bridgehead atoms. The molecule has 0 spiro atoms. The number of tetrazole rings is 1. The zero-order valence-corrected chi connectivity index (χ0v) is 12.2. The first-order valence-corrected chi connectivity index (χ1v) is 6.61. The van der Waals surface area contributed by atoms with Gasteiger partial charge in [0, 0.05) is 19.7 Å². The standard InChI is InChI=1S/C13H18FN5O2/c1-8(2)9-6-11(19-13(20)18(3)16-17-19)12(7-10(9)14)21-5-4-15/h6-8H,4-5,15H2,1-3H3. The van der Waals surface area contributed by atoms with E-state index >= 15 is 0 Å². The van der Waals surface area contributed by atoms with Crippen molar-refractivity contribution in [1.82, 2.24) is 19.8 Å². The molecule has 0 aliphatic heterocycles. The monoisotopic (exact) mass is 295 g/mol. The highest BCUT2D eigenvalue weighted by Crippen LogP contribution is 2.29. The Balaban J connectivity index is 2.62. The summed E-state index contributed by atoms with van der Waals surface area (Å²) < 4.78 is 21.7. The van der Waals surface area contributed by atoms with Crippen LogP contribution in [0.15, 0.2) is 16.9 Å². The Labute approximate surface area is 121 Å². The molecule has 7 nitrogen and oxygen atoms in total. The molecule has 8 heteroatoms. The number of hydrogen-bond donors (Lipinski definition) is 1. The number of aryl methyl sites for hydroxylation is 1. The number of nitrogens with zero attached hydrogens (tertiary/aromatic N) is 4. The lowest BCUT2D eigenvalue weighted by atomic mass is 10.0. The summed E-state index contributed by atoms with van der Waals surface area (Å²) in [6.45, 7) is 4.22. The van der Waals surface area contributed by atoms with Crippen molar-refractivity contribution in [2.24, 2.45) is 12.8 Å². The van der Waals surface area contributed by atoms with E-state index in [-0.39, 0.29) is 24.8 Å². The Morgan fingerprint density at radius 3 is 2.62 bits per heavy atom. The van der Waals surface area contributed by atoms with Crippen LogP contribution in [-0.4, -0.2) is 32.9 Å². The Kier molecular flexibility index (Phi) is 4.37. The third kappa shape index (κ3) is 2.94. The molecule has 1 aromatic heterocycles. The fraction of sp³-hybridized carbons (Fsp3) is 0.462. The van der Waals surface area contributed by atoms with Gasteiger partial charge < -0.3 is 10.5 Å². The van der Waals surface area contributed by atoms with Crippen molar-refractivity contribution < 1.29 is 9.13 Å². The van der Waals surface area contributed by atoms with E-state index in [1.807, 2.05) is 13.8 Å². The molecule has 0 saturated carbocycles. The van der Waals surface area contributed by atoms with Crippen LogP contribution >= 0.6 is 0 Å². The lowest BCUT2D eigenvalue weighted by molar-refractivity contribution is 0.324. The molecule has 0 fully saturated rings. The number of aromatic nitrogens is 4. The molecule has 0 aliphatic rings. The van der Waals surface area contributed by atoms with Crippen LogP contribution in [0.3, 0.4) is 0 Å². The summed E-state index contributed by atoms with van der Waals surface area (Å²) in [5.41, 5.74) is 5.79. The van der Waals surface area contributed by atoms with E-state index in [2.05, 4.69) is 10.4 Å². The summed E-state index contributed by atoms with van der Waals surface area (Å²) in [6, 6.07) is 2.81. The summed E-state index contributed by atoms with van der Waals surface area (Å²) in [5, 5.41) is 7.42. The Morgan fingerprint density at radius 1 is 1.38 bits per heavy atom. The van der Waals surface area contributed by atoms with Gasteiger partial charge in [0.1, 0.15) is 23.9 Å². The minimum atomic E-state index is -0.436. The normalized spacial score (nSPS) is 11.1. The molecular formula is C13H18FN5O2. The molecule has 0 unspecified atom stereocenters. The third-order valence-corrected chi connectivity index (χ3v) is 3.03. The Hall–Kier alpha value is -2.22. The molecule has 2 aromatic rings. The van der Waals surface area contributed by atoms with Crippen LogP contribution in [0.1, 0.15) is 25.3 Å². The van der Waals surface area contributed by atoms with Gasteiger partial charge in [-0.15, -0.1) is 0 Å². The van der Waals surface area contributed by atoms with Gasteiger partial charge >= 0.3 is 5.69 Å². The number of ether oxygens (including phenoxy) is 1. The van der Waals surface area contributed by atoms with E-state index in [1.165, 1.54) is 13.1 Å². The summed E-state index contributed by atoms with van der Waals surface area (Å²) in [6.07, 6.45) is 0. The molecule has 0 radical (unpaired) electrons. The van der Waals surface area contributed by atoms with Gasteiger partial charge in [-0.25, -0.2) is 9.18 Å². The maximum absolute atomic E-state index is 14.1. The third-order valence-electron chi connectivity index (χ3n) is 3.03. The minimum absolute atomic E-state index is 0.0420. The van der Waals surface area contributed by atoms with Crippen molar-refractivity contribution >= 4 is 0 Å². The zero-order chi connectivity index (χ0) is 15.6. The minimum Gasteiger partial charge on any atom is -0.490 e. The molecule has 21 heavy (non-hydrogen) atoms. The van der Waals surface area contributed by atoms with E-state index in [1.54, 1.807) is 6.07 Å². The van der Waals surface area contributed by atoms with Gasteiger partial charge in [0.2, 0.25) is 0 Å². The average molecular weight is 295 g/mol. The Bertz CT molecular complexity index is 692. The van der Waals surface area contributed by atoms with Crippen LogP contribution in [0.4, 0.5) is 4.39 Å². The lowest BCUT2D eigenvalue weighted by Gasteiger charge is -2.14. The van der Waals surface area contributed by atoms with Gasteiger partial charge in [0.25, 0.3) is 0 Å². The molecule has 1 heterocycles. The van der Waals surface area contributed by atoms with Gasteiger partial charge in [-0.1, -0.05) is 13.8 Å². The van der Waals surface area contributed by atoms with Gasteiger partial charge in [0.05, 0.1) is 0 Å². The van der Waals surface area contributed by atoms with E-state index in [0.29, 0.717) is 11.3 Å². The van der Waals surface area contributed by atoms with E-state index in [0.717, 1.165) is 9.36 Å². The van der Waals surface area contributed by atoms with Gasteiger partial charge in [-0.05, 0) is 28.0 Å². The maximum Gasteiger partial charge on any atom is 0.368 e. The number of nitrogens with two attached hydrogens (primary N) is 1. The second-order valence-corrected chi connectivity index (χ2v) is 4.93. The first-order chi connectivity index (χ1) is 9.95. The van der Waals surface area contributed by atoms with E-state index < -0.39 is 11.5 Å². The molecule has 114 valence electrons. The van der Waals surface area contributed by atoms with Crippen LogP contribution in [0.5, 0.6) is 5.75 Å². The van der Waals surface area contributed by atoms with Crippen LogP contribution in [-0.2, 0) is 7.05 Å². The lowest BCUT2D eigenvalue weighted by Crippen LogP contribution is -2.23. The number of rotatable bonds is 5. The van der Waals surface area contributed by atoms with Gasteiger partial charge in [-0.3, -0.25) is 0 Å². The summed E-state index contributed by atoms with van der Waals surface area (Å²) in [4.78, 5) is 12.0. The second-order valence-electron chi connectivity index (χ2n) is 4.93. The summed E-state index contributed by atoms with van der Waals surface area (Å²) >= 11 is 0. The Morgan fingerprint density at radius 2 is 2.10 bits per heavy atom. The smallest absolute Gasteiger partial charge is 0.368 e. The average Bonchev–Trinajstić information content (AvgIpc) is 2.76. The van der Waals surface area contributed by atoms with Crippen molar-refractivity contribution in [3.05, 3.63) is 34.0 Å². The highest BCUT2D eigenvalue weighted by molar-refractivity contribution is 5.49. The highest BCUT2D eigenvalue weighted by atomic mass is 19.1. The molecular weight excluding hydrogens is 277 g/mol. The molecule has 2 N–H and O–H groups in total. The maximum atomic E-state index is 14.1. The van der Waals surface area contributed by atoms with E-state index in [9.17, 15) is 9.18 Å². The number of benzene rings is 1. The predicted molar refractivity (Wildman–Crippen MR) is 75.2 cm³/mol. The van der Waals surface area contributed by atoms with Gasteiger partial charge in [0.15, 0.2) is 0 Å². The number of hydrogen-bond acceptors (Lipinski definition) is 5. The van der Waals surface area contributed by atoms with E-state index in [4.69, 9.17) is 10.5 Å². The van der Waals surface area contributed by atoms with Crippen molar-refractivity contribution in [2.45, 2.75) is 19.8 Å². The van der Waals surface area contributed by atoms with Crippen LogP contribution in [0.25, 0.3) is 5.69 Å². The van der Waals surface area contributed by atoms with Crippen molar-refractivity contribution in [2.75, 3.05) is 13.2 Å². The zero-order valence-electron chi connectivity index (χ0n) is 12.2. The fourth-order valence-electron chi connectivity index (χ4n) is 1.92. The largest absolute Gasteiger partial charge is 0.490 e. The summed E-state index contributed by atoms with van der Waals surface area (Å²) in [5.74, 6) is -0.220. The molecule has 0 aliphatic carbocycles. The SMILES string of the molecule is CC(C)c1cc(-n2nnn(C)c2=O)c(OCCN)cc1F. The van der Waals surface area contributed by atoms with Crippen molar-refractivity contribution in [3.63, 3.8) is 0 Å². The van der Waals surface area contributed by atoms with Crippen LogP contribution in [0.2, 0.25) is 0 Å². The van der Waals surface area contributed by atoms with Crippen molar-refractivity contribution in [3.8, 4) is 11.4 Å². The molecule has 0 atom stereocenters. The number of halogens is 1.